The standard InChI is InChI=1S/C13H23NO3/c1-11(2)4-3-5-13(17,7-6-11)12(10(15)16)8-14-9-12/h14,17H,3-9H2,1-2H3,(H,15,16). The van der Waals surface area contributed by atoms with E-state index in [0.717, 1.165) is 19.3 Å². The van der Waals surface area contributed by atoms with E-state index in [1.165, 1.54) is 0 Å². The van der Waals surface area contributed by atoms with Crippen molar-refractivity contribution in [1.29, 1.82) is 0 Å². The molecule has 0 aromatic heterocycles. The Labute approximate surface area is 102 Å². The molecule has 1 aliphatic carbocycles. The molecule has 1 unspecified atom stereocenters. The van der Waals surface area contributed by atoms with Crippen molar-refractivity contribution in [3.8, 4) is 0 Å². The minimum Gasteiger partial charge on any atom is -0.481 e. The van der Waals surface area contributed by atoms with Crippen LogP contribution in [0, 0.1) is 10.8 Å². The quantitative estimate of drug-likeness (QED) is 0.639. The second-order valence-electron chi connectivity index (χ2n) is 6.54. The number of hydrogen-bond donors (Lipinski definition) is 3. The van der Waals surface area contributed by atoms with Gasteiger partial charge in [-0.3, -0.25) is 4.79 Å². The molecule has 0 aromatic rings. The summed E-state index contributed by atoms with van der Waals surface area (Å²) in [5.41, 5.74) is -1.76. The molecule has 1 heterocycles. The summed E-state index contributed by atoms with van der Waals surface area (Å²) in [6, 6.07) is 0. The van der Waals surface area contributed by atoms with Gasteiger partial charge in [0.1, 0.15) is 5.41 Å². The van der Waals surface area contributed by atoms with Crippen LogP contribution in [-0.2, 0) is 4.79 Å². The van der Waals surface area contributed by atoms with Crippen molar-refractivity contribution < 1.29 is 15.0 Å². The molecule has 2 aliphatic rings. The molecule has 4 heteroatoms. The van der Waals surface area contributed by atoms with Gasteiger partial charge in [0.05, 0.1) is 5.60 Å². The summed E-state index contributed by atoms with van der Waals surface area (Å²) < 4.78 is 0. The molecule has 0 spiro atoms. The molecule has 0 bridgehead atoms. The molecule has 1 aliphatic heterocycles. The van der Waals surface area contributed by atoms with Gasteiger partial charge in [-0.15, -0.1) is 0 Å². The normalized spacial score (nSPS) is 35.7. The molecule has 4 nitrogen and oxygen atoms in total. The van der Waals surface area contributed by atoms with Crippen molar-refractivity contribution >= 4 is 5.97 Å². The van der Waals surface area contributed by atoms with Gasteiger partial charge in [0, 0.05) is 13.1 Å². The third kappa shape index (κ3) is 1.97. The number of carboxylic acid groups (broad SMARTS) is 1. The number of carbonyl (C=O) groups is 1. The topological polar surface area (TPSA) is 69.6 Å². The Morgan fingerprint density at radius 3 is 2.24 bits per heavy atom. The number of aliphatic carboxylic acids is 1. The van der Waals surface area contributed by atoms with Crippen molar-refractivity contribution in [2.24, 2.45) is 10.8 Å². The molecule has 1 saturated heterocycles. The van der Waals surface area contributed by atoms with E-state index in [0.29, 0.717) is 25.9 Å². The number of rotatable bonds is 2. The van der Waals surface area contributed by atoms with Crippen LogP contribution in [-0.4, -0.2) is 34.9 Å². The first-order valence-corrected chi connectivity index (χ1v) is 6.48. The zero-order valence-electron chi connectivity index (χ0n) is 10.8. The van der Waals surface area contributed by atoms with E-state index >= 15 is 0 Å². The lowest BCUT2D eigenvalue weighted by atomic mass is 9.64. The lowest BCUT2D eigenvalue weighted by Gasteiger charge is -2.50. The van der Waals surface area contributed by atoms with E-state index < -0.39 is 17.0 Å². The largest absolute Gasteiger partial charge is 0.481 e. The monoisotopic (exact) mass is 241 g/mol. The van der Waals surface area contributed by atoms with Crippen LogP contribution >= 0.6 is 0 Å². The van der Waals surface area contributed by atoms with Crippen LogP contribution in [0.25, 0.3) is 0 Å². The van der Waals surface area contributed by atoms with Gasteiger partial charge in [-0.25, -0.2) is 0 Å². The van der Waals surface area contributed by atoms with Gasteiger partial charge in [0.2, 0.25) is 0 Å². The maximum atomic E-state index is 11.5. The Kier molecular flexibility index (Phi) is 2.99. The van der Waals surface area contributed by atoms with Gasteiger partial charge in [-0.1, -0.05) is 20.3 Å². The summed E-state index contributed by atoms with van der Waals surface area (Å²) in [5.74, 6) is -0.849. The summed E-state index contributed by atoms with van der Waals surface area (Å²) in [4.78, 5) is 11.5. The summed E-state index contributed by atoms with van der Waals surface area (Å²) in [6.45, 7) is 5.20. The molecular formula is C13H23NO3. The average molecular weight is 241 g/mol. The van der Waals surface area contributed by atoms with Crippen LogP contribution in [0.2, 0.25) is 0 Å². The van der Waals surface area contributed by atoms with Gasteiger partial charge in [-0.05, 0) is 31.1 Å². The van der Waals surface area contributed by atoms with Gasteiger partial charge in [0.25, 0.3) is 0 Å². The zero-order chi connectivity index (χ0) is 12.7. The SMILES string of the molecule is CC1(C)CCCC(O)(C2(C(=O)O)CNC2)CC1. The third-order valence-corrected chi connectivity index (χ3v) is 4.81. The summed E-state index contributed by atoms with van der Waals surface area (Å²) in [6.07, 6.45) is 4.11. The zero-order valence-corrected chi connectivity index (χ0v) is 10.8. The lowest BCUT2D eigenvalue weighted by molar-refractivity contribution is -0.181. The Morgan fingerprint density at radius 1 is 1.12 bits per heavy atom. The smallest absolute Gasteiger partial charge is 0.315 e. The summed E-state index contributed by atoms with van der Waals surface area (Å²) in [7, 11) is 0. The molecule has 1 saturated carbocycles. The van der Waals surface area contributed by atoms with Crippen molar-refractivity contribution in [1.82, 2.24) is 5.32 Å². The van der Waals surface area contributed by atoms with Crippen LogP contribution < -0.4 is 5.32 Å². The highest BCUT2D eigenvalue weighted by atomic mass is 16.4. The first-order valence-electron chi connectivity index (χ1n) is 6.48. The number of nitrogens with one attached hydrogen (secondary N) is 1. The van der Waals surface area contributed by atoms with E-state index in [1.54, 1.807) is 0 Å². The molecule has 17 heavy (non-hydrogen) atoms. The lowest BCUT2D eigenvalue weighted by Crippen LogP contribution is -2.69. The maximum absolute atomic E-state index is 11.5. The first kappa shape index (κ1) is 12.8. The fourth-order valence-corrected chi connectivity index (χ4v) is 3.19. The van der Waals surface area contributed by atoms with E-state index in [2.05, 4.69) is 19.2 Å². The Morgan fingerprint density at radius 2 is 1.76 bits per heavy atom. The van der Waals surface area contributed by atoms with E-state index in [9.17, 15) is 15.0 Å². The van der Waals surface area contributed by atoms with E-state index in [1.807, 2.05) is 0 Å². The number of hydrogen-bond acceptors (Lipinski definition) is 3. The number of carboxylic acids is 1. The average Bonchev–Trinajstić information content (AvgIpc) is 2.24. The highest BCUT2D eigenvalue weighted by Crippen LogP contribution is 2.48. The van der Waals surface area contributed by atoms with E-state index in [-0.39, 0.29) is 5.41 Å². The molecule has 0 amide bonds. The van der Waals surface area contributed by atoms with Crippen LogP contribution in [0.5, 0.6) is 0 Å². The predicted octanol–water partition coefficient (Wildman–Crippen LogP) is 1.38. The van der Waals surface area contributed by atoms with Crippen LogP contribution in [0.1, 0.15) is 46.0 Å². The number of aliphatic hydroxyl groups is 1. The first-order chi connectivity index (χ1) is 7.81. The second kappa shape index (κ2) is 3.95. The minimum atomic E-state index is -1.03. The Hall–Kier alpha value is -0.610. The van der Waals surface area contributed by atoms with Gasteiger partial charge >= 0.3 is 5.97 Å². The van der Waals surface area contributed by atoms with Crippen LogP contribution in [0.3, 0.4) is 0 Å². The molecule has 2 rings (SSSR count). The minimum absolute atomic E-state index is 0.224. The van der Waals surface area contributed by atoms with Crippen LogP contribution in [0.4, 0.5) is 0 Å². The molecule has 0 radical (unpaired) electrons. The van der Waals surface area contributed by atoms with Crippen molar-refractivity contribution in [3.05, 3.63) is 0 Å². The fraction of sp³-hybridized carbons (Fsp3) is 0.923. The Bertz CT molecular complexity index is 323. The molecule has 2 fully saturated rings. The third-order valence-electron chi connectivity index (χ3n) is 4.81. The molecule has 0 aromatic carbocycles. The van der Waals surface area contributed by atoms with Crippen LogP contribution in [0.15, 0.2) is 0 Å². The van der Waals surface area contributed by atoms with E-state index in [4.69, 9.17) is 0 Å². The van der Waals surface area contributed by atoms with Gasteiger partial charge < -0.3 is 15.5 Å². The highest BCUT2D eigenvalue weighted by molar-refractivity contribution is 5.78. The van der Waals surface area contributed by atoms with Crippen molar-refractivity contribution in [2.45, 2.75) is 51.6 Å². The summed E-state index contributed by atoms with van der Waals surface area (Å²) >= 11 is 0. The molecule has 1 atom stereocenters. The maximum Gasteiger partial charge on any atom is 0.315 e. The van der Waals surface area contributed by atoms with Gasteiger partial charge in [-0.2, -0.15) is 0 Å². The Balaban J connectivity index is 2.21. The van der Waals surface area contributed by atoms with Crippen molar-refractivity contribution in [3.63, 3.8) is 0 Å². The summed E-state index contributed by atoms with van der Waals surface area (Å²) in [5, 5.41) is 23.2. The predicted molar refractivity (Wildman–Crippen MR) is 64.8 cm³/mol. The molecule has 98 valence electrons. The molecule has 3 N–H and O–H groups in total. The molecular weight excluding hydrogens is 218 g/mol. The van der Waals surface area contributed by atoms with Gasteiger partial charge in [0.15, 0.2) is 0 Å². The second-order valence-corrected chi connectivity index (χ2v) is 6.54. The van der Waals surface area contributed by atoms with Crippen molar-refractivity contribution in [2.75, 3.05) is 13.1 Å². The fourth-order valence-electron chi connectivity index (χ4n) is 3.19. The highest BCUT2D eigenvalue weighted by Gasteiger charge is 2.59.